The molecule has 4 rings (SSSR count). The lowest BCUT2D eigenvalue weighted by molar-refractivity contribution is -0.137. The minimum absolute atomic E-state index is 0.0745. The molecule has 0 atom stereocenters. The van der Waals surface area contributed by atoms with Crippen LogP contribution in [0.1, 0.15) is 16.1 Å². The Labute approximate surface area is 190 Å². The average Bonchev–Trinajstić information content (AvgIpc) is 3.19. The lowest BCUT2D eigenvalue weighted by Crippen LogP contribution is -2.20. The van der Waals surface area contributed by atoms with Crippen LogP contribution in [-0.4, -0.2) is 29.0 Å². The van der Waals surface area contributed by atoms with Gasteiger partial charge in [-0.3, -0.25) is 4.79 Å². The van der Waals surface area contributed by atoms with Gasteiger partial charge in [-0.1, -0.05) is 12.1 Å². The van der Waals surface area contributed by atoms with Crippen LogP contribution in [-0.2, 0) is 6.18 Å². The van der Waals surface area contributed by atoms with E-state index in [0.717, 1.165) is 18.2 Å². The topological polar surface area (TPSA) is 122 Å². The van der Waals surface area contributed by atoms with Gasteiger partial charge in [0.05, 0.1) is 18.4 Å². The number of nitrogens with two attached hydrogens (primary N) is 1. The predicted molar refractivity (Wildman–Crippen MR) is 121 cm³/mol. The summed E-state index contributed by atoms with van der Waals surface area (Å²) in [6, 6.07) is 12.0. The number of carbonyl (C=O) groups excluding carboxylic acids is 2. The average molecular weight is 469 g/mol. The maximum absolute atomic E-state index is 13.0. The van der Waals surface area contributed by atoms with E-state index in [9.17, 15) is 22.8 Å². The number of alkyl halides is 3. The van der Waals surface area contributed by atoms with Crippen molar-refractivity contribution in [1.82, 2.24) is 9.97 Å². The molecule has 4 aromatic rings. The number of methoxy groups -OCH3 is 1. The standard InChI is InChI=1S/C23H18F3N5O3/c1-34-17-9-6-13(23(24,25)26)11-16(17)30-22(33)29-14-7-4-12(5-8-14)18-15-3-2-10-28-21(15)31-19(18)20(27)32/h2-11H,1H3,(H2,27,32)(H,28,31)(H2,29,30,33). The van der Waals surface area contributed by atoms with Gasteiger partial charge in [0.15, 0.2) is 0 Å². The van der Waals surface area contributed by atoms with Crippen molar-refractivity contribution in [2.24, 2.45) is 5.73 Å². The minimum Gasteiger partial charge on any atom is -0.495 e. The van der Waals surface area contributed by atoms with Crippen molar-refractivity contribution in [1.29, 1.82) is 0 Å². The molecule has 34 heavy (non-hydrogen) atoms. The number of aromatic amines is 1. The van der Waals surface area contributed by atoms with Crippen molar-refractivity contribution >= 4 is 34.3 Å². The van der Waals surface area contributed by atoms with Crippen LogP contribution in [0.5, 0.6) is 5.75 Å². The minimum atomic E-state index is -4.57. The van der Waals surface area contributed by atoms with Crippen LogP contribution >= 0.6 is 0 Å². The maximum atomic E-state index is 13.0. The van der Waals surface area contributed by atoms with Crippen LogP contribution in [0.15, 0.2) is 60.8 Å². The van der Waals surface area contributed by atoms with Gasteiger partial charge in [0.2, 0.25) is 0 Å². The van der Waals surface area contributed by atoms with Crippen molar-refractivity contribution in [2.75, 3.05) is 17.7 Å². The summed E-state index contributed by atoms with van der Waals surface area (Å²) in [5.41, 5.74) is 6.73. The van der Waals surface area contributed by atoms with Gasteiger partial charge in [-0.15, -0.1) is 0 Å². The molecule has 3 amide bonds. The first-order valence-corrected chi connectivity index (χ1v) is 9.87. The van der Waals surface area contributed by atoms with Crippen molar-refractivity contribution in [2.45, 2.75) is 6.18 Å². The van der Waals surface area contributed by atoms with Crippen LogP contribution in [0.4, 0.5) is 29.3 Å². The van der Waals surface area contributed by atoms with E-state index in [2.05, 4.69) is 20.6 Å². The molecule has 0 aliphatic heterocycles. The molecular formula is C23H18F3N5O3. The molecule has 0 saturated carbocycles. The highest BCUT2D eigenvalue weighted by Gasteiger charge is 2.31. The van der Waals surface area contributed by atoms with E-state index in [0.29, 0.717) is 27.8 Å². The molecule has 2 heterocycles. The lowest BCUT2D eigenvalue weighted by Gasteiger charge is -2.14. The summed E-state index contributed by atoms with van der Waals surface area (Å²) in [6.07, 6.45) is -2.99. The largest absolute Gasteiger partial charge is 0.495 e. The number of hydrogen-bond acceptors (Lipinski definition) is 4. The number of rotatable bonds is 5. The number of urea groups is 1. The van der Waals surface area contributed by atoms with Crippen LogP contribution < -0.4 is 21.1 Å². The molecule has 2 aromatic heterocycles. The second kappa shape index (κ2) is 8.77. The number of halogens is 3. The molecule has 0 unspecified atom stereocenters. The van der Waals surface area contributed by atoms with Crippen molar-refractivity contribution < 1.29 is 27.5 Å². The first kappa shape index (κ1) is 22.6. The number of pyridine rings is 1. The maximum Gasteiger partial charge on any atom is 0.416 e. The first-order chi connectivity index (χ1) is 16.2. The third kappa shape index (κ3) is 4.49. The molecule has 0 aliphatic carbocycles. The Balaban J connectivity index is 1.56. The van der Waals surface area contributed by atoms with E-state index in [1.165, 1.54) is 7.11 Å². The van der Waals surface area contributed by atoms with Gasteiger partial charge in [-0.2, -0.15) is 13.2 Å². The summed E-state index contributed by atoms with van der Waals surface area (Å²) in [7, 11) is 1.28. The van der Waals surface area contributed by atoms with Gasteiger partial charge in [0, 0.05) is 22.8 Å². The van der Waals surface area contributed by atoms with E-state index in [-0.39, 0.29) is 17.1 Å². The van der Waals surface area contributed by atoms with Gasteiger partial charge >= 0.3 is 12.2 Å². The molecule has 0 saturated heterocycles. The van der Waals surface area contributed by atoms with Crippen molar-refractivity contribution in [3.8, 4) is 16.9 Å². The predicted octanol–water partition coefficient (Wildman–Crippen LogP) is 5.00. The van der Waals surface area contributed by atoms with Gasteiger partial charge in [-0.25, -0.2) is 9.78 Å². The number of nitrogens with one attached hydrogen (secondary N) is 3. The third-order valence-electron chi connectivity index (χ3n) is 5.02. The lowest BCUT2D eigenvalue weighted by atomic mass is 10.0. The molecule has 2 aromatic carbocycles. The number of anilines is 2. The number of nitrogens with zero attached hydrogens (tertiary/aromatic N) is 1. The van der Waals surface area contributed by atoms with Gasteiger partial charge in [0.1, 0.15) is 17.1 Å². The fourth-order valence-electron chi connectivity index (χ4n) is 3.49. The van der Waals surface area contributed by atoms with Crippen molar-refractivity contribution in [3.05, 3.63) is 72.1 Å². The quantitative estimate of drug-likeness (QED) is 0.329. The zero-order valence-electron chi connectivity index (χ0n) is 17.7. The Morgan fingerprint density at radius 3 is 2.44 bits per heavy atom. The highest BCUT2D eigenvalue weighted by Crippen LogP contribution is 2.35. The number of aromatic nitrogens is 2. The number of fused-ring (bicyclic) bond motifs is 1. The Bertz CT molecular complexity index is 1380. The van der Waals surface area contributed by atoms with E-state index < -0.39 is 23.7 Å². The number of H-pyrrole nitrogens is 1. The smallest absolute Gasteiger partial charge is 0.416 e. The molecule has 8 nitrogen and oxygen atoms in total. The summed E-state index contributed by atoms with van der Waals surface area (Å²) in [4.78, 5) is 31.4. The summed E-state index contributed by atoms with van der Waals surface area (Å²) in [5.74, 6) is -0.574. The zero-order valence-corrected chi connectivity index (χ0v) is 17.7. The Morgan fingerprint density at radius 2 is 1.79 bits per heavy atom. The normalized spacial score (nSPS) is 11.3. The van der Waals surface area contributed by atoms with E-state index in [1.54, 1.807) is 42.6 Å². The molecule has 174 valence electrons. The van der Waals surface area contributed by atoms with Crippen LogP contribution in [0, 0.1) is 0 Å². The fourth-order valence-corrected chi connectivity index (χ4v) is 3.49. The molecule has 11 heteroatoms. The van der Waals surface area contributed by atoms with E-state index in [4.69, 9.17) is 10.5 Å². The first-order valence-electron chi connectivity index (χ1n) is 9.87. The second-order valence-electron chi connectivity index (χ2n) is 7.21. The Morgan fingerprint density at radius 1 is 1.06 bits per heavy atom. The summed E-state index contributed by atoms with van der Waals surface area (Å²) in [5, 5.41) is 5.61. The molecule has 0 bridgehead atoms. The SMILES string of the molecule is COc1ccc(C(F)(F)F)cc1NC(=O)Nc1ccc(-c2c(C(N)=O)[nH]c3ncccc23)cc1. The molecule has 0 aliphatic rings. The summed E-state index contributed by atoms with van der Waals surface area (Å²) < 4.78 is 44.1. The number of amides is 3. The third-order valence-corrected chi connectivity index (χ3v) is 5.02. The molecular weight excluding hydrogens is 451 g/mol. The van der Waals surface area contributed by atoms with E-state index in [1.807, 2.05) is 0 Å². The van der Waals surface area contributed by atoms with E-state index >= 15 is 0 Å². The number of carbonyl (C=O) groups is 2. The highest BCUT2D eigenvalue weighted by atomic mass is 19.4. The summed E-state index contributed by atoms with van der Waals surface area (Å²) >= 11 is 0. The molecule has 0 fully saturated rings. The van der Waals surface area contributed by atoms with Crippen LogP contribution in [0.25, 0.3) is 22.2 Å². The fraction of sp³-hybridized carbons (Fsp3) is 0.0870. The van der Waals surface area contributed by atoms with Gasteiger partial charge < -0.3 is 26.1 Å². The van der Waals surface area contributed by atoms with Crippen LogP contribution in [0.3, 0.4) is 0 Å². The highest BCUT2D eigenvalue weighted by molar-refractivity contribution is 6.08. The number of hydrogen-bond donors (Lipinski definition) is 4. The van der Waals surface area contributed by atoms with Crippen LogP contribution in [0.2, 0.25) is 0 Å². The molecule has 5 N–H and O–H groups in total. The number of primary amides is 1. The monoisotopic (exact) mass is 469 g/mol. The molecule has 0 radical (unpaired) electrons. The Kier molecular flexibility index (Phi) is 5.84. The number of ether oxygens (including phenoxy) is 1. The zero-order chi connectivity index (χ0) is 24.5. The van der Waals surface area contributed by atoms with Gasteiger partial charge in [-0.05, 0) is 48.0 Å². The summed E-state index contributed by atoms with van der Waals surface area (Å²) in [6.45, 7) is 0. The number of benzene rings is 2. The molecule has 0 spiro atoms. The second-order valence-corrected chi connectivity index (χ2v) is 7.21. The van der Waals surface area contributed by atoms with Gasteiger partial charge in [0.25, 0.3) is 5.91 Å². The van der Waals surface area contributed by atoms with Crippen molar-refractivity contribution in [3.63, 3.8) is 0 Å². The Hall–Kier alpha value is -4.54.